The largest absolute Gasteiger partial charge is 0.502 e. The van der Waals surface area contributed by atoms with Gasteiger partial charge < -0.3 is 9.84 Å². The van der Waals surface area contributed by atoms with E-state index in [0.717, 1.165) is 0 Å². The van der Waals surface area contributed by atoms with E-state index in [-0.39, 0.29) is 5.56 Å². The molecule has 0 aliphatic heterocycles. The summed E-state index contributed by atoms with van der Waals surface area (Å²) < 4.78 is 4.61. The number of methoxy groups -OCH3 is 1. The summed E-state index contributed by atoms with van der Waals surface area (Å²) in [4.78, 5) is 25.6. The highest BCUT2D eigenvalue weighted by Crippen LogP contribution is 2.28. The molecule has 0 saturated carbocycles. The molecule has 0 aliphatic carbocycles. The van der Waals surface area contributed by atoms with E-state index in [1.807, 2.05) is 0 Å². The second kappa shape index (κ2) is 6.49. The zero-order valence-electron chi connectivity index (χ0n) is 11.6. The molecule has 2 aromatic rings. The van der Waals surface area contributed by atoms with Crippen LogP contribution >= 0.6 is 0 Å². The molecule has 0 aliphatic rings. The van der Waals surface area contributed by atoms with E-state index in [4.69, 9.17) is 0 Å². The van der Waals surface area contributed by atoms with Crippen molar-refractivity contribution in [3.05, 3.63) is 63.7 Å². The van der Waals surface area contributed by atoms with Gasteiger partial charge in [0, 0.05) is 17.8 Å². The molecule has 22 heavy (non-hydrogen) atoms. The molecule has 0 fully saturated rings. The number of esters is 1. The molecule has 0 radical (unpaired) electrons. The van der Waals surface area contributed by atoms with E-state index in [1.54, 1.807) is 18.2 Å². The Morgan fingerprint density at radius 3 is 2.73 bits per heavy atom. The first-order chi connectivity index (χ1) is 10.5. The Labute approximate surface area is 125 Å². The van der Waals surface area contributed by atoms with Crippen molar-refractivity contribution in [1.29, 1.82) is 0 Å². The van der Waals surface area contributed by atoms with Crippen LogP contribution in [0.15, 0.2) is 47.5 Å². The maximum absolute atomic E-state index is 11.4. The van der Waals surface area contributed by atoms with Crippen molar-refractivity contribution in [3.8, 4) is 5.75 Å². The minimum absolute atomic E-state index is 0.206. The van der Waals surface area contributed by atoms with Gasteiger partial charge in [-0.3, -0.25) is 15.1 Å². The highest BCUT2D eigenvalue weighted by atomic mass is 16.6. The number of hydrogen-bond acceptors (Lipinski definition) is 6. The number of carbonyl (C=O) groups is 1. The first-order valence-corrected chi connectivity index (χ1v) is 6.21. The number of phenols is 1. The molecule has 0 spiro atoms. The predicted molar refractivity (Wildman–Crippen MR) is 79.8 cm³/mol. The number of nitro benzene ring substituents is 1. The van der Waals surface area contributed by atoms with Crippen LogP contribution in [-0.2, 0) is 4.74 Å². The number of hydrogen-bond donors (Lipinski definition) is 1. The Kier molecular flexibility index (Phi) is 4.47. The van der Waals surface area contributed by atoms with Crippen molar-refractivity contribution in [2.24, 2.45) is 4.99 Å². The SMILES string of the molecule is COC(=O)c1cccc(N=Cc2cccc([N+](=O)[O-])c2O)c1. The monoisotopic (exact) mass is 300 g/mol. The van der Waals surface area contributed by atoms with Gasteiger partial charge >= 0.3 is 11.7 Å². The predicted octanol–water partition coefficient (Wildman–Crippen LogP) is 2.84. The Bertz CT molecular complexity index is 755. The van der Waals surface area contributed by atoms with Crippen molar-refractivity contribution < 1.29 is 19.6 Å². The Balaban J connectivity index is 2.31. The molecular formula is C15H12N2O5. The first kappa shape index (κ1) is 15.2. The molecule has 0 saturated heterocycles. The average molecular weight is 300 g/mol. The van der Waals surface area contributed by atoms with E-state index >= 15 is 0 Å². The number of nitro groups is 1. The smallest absolute Gasteiger partial charge is 0.337 e. The topological polar surface area (TPSA) is 102 Å². The molecule has 7 nitrogen and oxygen atoms in total. The van der Waals surface area contributed by atoms with Gasteiger partial charge in [0.15, 0.2) is 0 Å². The molecule has 0 unspecified atom stereocenters. The zero-order valence-corrected chi connectivity index (χ0v) is 11.6. The van der Waals surface area contributed by atoms with Gasteiger partial charge in [-0.15, -0.1) is 0 Å². The van der Waals surface area contributed by atoms with Crippen LogP contribution < -0.4 is 0 Å². The quantitative estimate of drug-likeness (QED) is 0.405. The molecule has 0 heterocycles. The van der Waals surface area contributed by atoms with Crippen molar-refractivity contribution in [2.45, 2.75) is 0 Å². The minimum atomic E-state index is -0.676. The molecule has 7 heteroatoms. The molecule has 0 bridgehead atoms. The fourth-order valence-corrected chi connectivity index (χ4v) is 1.78. The number of benzene rings is 2. The van der Waals surface area contributed by atoms with E-state index in [0.29, 0.717) is 11.3 Å². The summed E-state index contributed by atoms with van der Waals surface area (Å²) in [7, 11) is 1.28. The number of aromatic hydroxyl groups is 1. The van der Waals surface area contributed by atoms with Crippen LogP contribution in [0.1, 0.15) is 15.9 Å². The summed E-state index contributed by atoms with van der Waals surface area (Å²) in [6.45, 7) is 0. The van der Waals surface area contributed by atoms with E-state index in [1.165, 1.54) is 37.6 Å². The van der Waals surface area contributed by atoms with Gasteiger partial charge in [-0.2, -0.15) is 0 Å². The van der Waals surface area contributed by atoms with Gasteiger partial charge in [0.1, 0.15) is 0 Å². The number of ether oxygens (including phenoxy) is 1. The number of carbonyl (C=O) groups excluding carboxylic acids is 1. The second-order valence-electron chi connectivity index (χ2n) is 4.27. The number of nitrogens with zero attached hydrogens (tertiary/aromatic N) is 2. The molecule has 2 aromatic carbocycles. The standard InChI is InChI=1S/C15H12N2O5/c1-22-15(19)10-4-2-6-12(8-10)16-9-11-5-3-7-13(14(11)18)17(20)21/h2-9,18H,1H3. The van der Waals surface area contributed by atoms with E-state index in [9.17, 15) is 20.0 Å². The average Bonchev–Trinajstić information content (AvgIpc) is 2.53. The lowest BCUT2D eigenvalue weighted by Crippen LogP contribution is -2.00. The fourth-order valence-electron chi connectivity index (χ4n) is 1.78. The summed E-state index contributed by atoms with van der Waals surface area (Å²) in [5.74, 6) is -0.949. The van der Waals surface area contributed by atoms with Gasteiger partial charge in [-0.25, -0.2) is 4.79 Å². The summed E-state index contributed by atoms with van der Waals surface area (Å²) in [5, 5.41) is 20.6. The third-order valence-electron chi connectivity index (χ3n) is 2.86. The number of phenolic OH excluding ortho intramolecular Hbond substituents is 1. The van der Waals surface area contributed by atoms with Crippen LogP contribution in [0.5, 0.6) is 5.75 Å². The molecule has 0 atom stereocenters. The Morgan fingerprint density at radius 1 is 1.32 bits per heavy atom. The molecule has 2 rings (SSSR count). The Hall–Kier alpha value is -3.22. The van der Waals surface area contributed by atoms with Gasteiger partial charge in [-0.05, 0) is 24.3 Å². The molecule has 0 aromatic heterocycles. The van der Waals surface area contributed by atoms with Gasteiger partial charge in [-0.1, -0.05) is 12.1 Å². The first-order valence-electron chi connectivity index (χ1n) is 6.21. The summed E-state index contributed by atoms with van der Waals surface area (Å²) in [5.41, 5.74) is 0.596. The summed E-state index contributed by atoms with van der Waals surface area (Å²) >= 11 is 0. The van der Waals surface area contributed by atoms with Crippen molar-refractivity contribution in [3.63, 3.8) is 0 Å². The molecular weight excluding hydrogens is 288 g/mol. The summed E-state index contributed by atoms with van der Waals surface area (Å²) in [6, 6.07) is 10.5. The Morgan fingerprint density at radius 2 is 2.05 bits per heavy atom. The van der Waals surface area contributed by atoms with Gasteiger partial charge in [0.25, 0.3) is 0 Å². The van der Waals surface area contributed by atoms with Crippen LogP contribution in [0.3, 0.4) is 0 Å². The van der Waals surface area contributed by atoms with Crippen LogP contribution in [-0.4, -0.2) is 29.3 Å². The highest BCUT2D eigenvalue weighted by Gasteiger charge is 2.15. The zero-order chi connectivity index (χ0) is 16.1. The van der Waals surface area contributed by atoms with Crippen LogP contribution in [0.25, 0.3) is 0 Å². The van der Waals surface area contributed by atoms with Crippen molar-refractivity contribution >= 4 is 23.6 Å². The van der Waals surface area contributed by atoms with E-state index in [2.05, 4.69) is 9.73 Å². The maximum Gasteiger partial charge on any atom is 0.337 e. The van der Waals surface area contributed by atoms with E-state index < -0.39 is 22.3 Å². The van der Waals surface area contributed by atoms with Crippen LogP contribution in [0.2, 0.25) is 0 Å². The van der Waals surface area contributed by atoms with Crippen molar-refractivity contribution in [1.82, 2.24) is 0 Å². The third kappa shape index (κ3) is 3.26. The lowest BCUT2D eigenvalue weighted by molar-refractivity contribution is -0.385. The molecule has 1 N–H and O–H groups in total. The lowest BCUT2D eigenvalue weighted by atomic mass is 10.2. The third-order valence-corrected chi connectivity index (χ3v) is 2.86. The molecule has 0 amide bonds. The van der Waals surface area contributed by atoms with Gasteiger partial charge in [0.2, 0.25) is 5.75 Å². The van der Waals surface area contributed by atoms with Crippen LogP contribution in [0, 0.1) is 10.1 Å². The minimum Gasteiger partial charge on any atom is -0.502 e. The number of para-hydroxylation sites is 1. The maximum atomic E-state index is 11.4. The lowest BCUT2D eigenvalue weighted by Gasteiger charge is -2.01. The van der Waals surface area contributed by atoms with Gasteiger partial charge in [0.05, 0.1) is 23.3 Å². The second-order valence-corrected chi connectivity index (χ2v) is 4.27. The fraction of sp³-hybridized carbons (Fsp3) is 0.0667. The number of aliphatic imine (C=N–C) groups is 1. The molecule has 112 valence electrons. The number of rotatable bonds is 4. The normalized spacial score (nSPS) is 10.6. The van der Waals surface area contributed by atoms with Crippen molar-refractivity contribution in [2.75, 3.05) is 7.11 Å². The van der Waals surface area contributed by atoms with Crippen LogP contribution in [0.4, 0.5) is 11.4 Å². The summed E-state index contributed by atoms with van der Waals surface area (Å²) in [6.07, 6.45) is 1.29. The highest BCUT2D eigenvalue weighted by molar-refractivity contribution is 5.91.